The molecule has 0 aliphatic rings. The number of carbonyl (C=O) groups is 2. The van der Waals surface area contributed by atoms with Crippen LogP contribution in [0, 0.1) is 10.1 Å². The van der Waals surface area contributed by atoms with Gasteiger partial charge in [-0.1, -0.05) is 13.0 Å². The molecule has 0 aliphatic carbocycles. The molecular formula is C13H16N2O6. The summed E-state index contributed by atoms with van der Waals surface area (Å²) in [6.07, 6.45) is 0.194. The lowest BCUT2D eigenvalue weighted by molar-refractivity contribution is -0.385. The average molecular weight is 296 g/mol. The number of carboxylic acid groups (broad SMARTS) is 1. The molecule has 0 aromatic heterocycles. The summed E-state index contributed by atoms with van der Waals surface area (Å²) in [5.41, 5.74) is -0.404. The predicted molar refractivity (Wildman–Crippen MR) is 73.4 cm³/mol. The molecular weight excluding hydrogens is 280 g/mol. The normalized spacial score (nSPS) is 11.5. The molecule has 0 spiro atoms. The van der Waals surface area contributed by atoms with E-state index in [0.29, 0.717) is 0 Å². The molecule has 0 unspecified atom stereocenters. The molecule has 0 heterocycles. The lowest BCUT2D eigenvalue weighted by Crippen LogP contribution is -2.40. The summed E-state index contributed by atoms with van der Waals surface area (Å²) in [6, 6.07) is 2.85. The first-order chi connectivity index (χ1) is 9.92. The smallest absolute Gasteiger partial charge is 0.326 e. The Morgan fingerprint density at radius 1 is 1.43 bits per heavy atom. The van der Waals surface area contributed by atoms with E-state index in [4.69, 9.17) is 9.84 Å². The van der Waals surface area contributed by atoms with E-state index in [1.54, 1.807) is 13.8 Å². The predicted octanol–water partition coefficient (Wildman–Crippen LogP) is 1.59. The number of nitro benzene ring substituents is 1. The van der Waals surface area contributed by atoms with Crippen LogP contribution in [0.15, 0.2) is 18.2 Å². The van der Waals surface area contributed by atoms with Crippen molar-refractivity contribution in [3.8, 4) is 5.75 Å². The second-order valence-electron chi connectivity index (χ2n) is 4.12. The molecule has 1 aromatic carbocycles. The Labute approximate surface area is 120 Å². The van der Waals surface area contributed by atoms with E-state index in [0.717, 1.165) is 0 Å². The van der Waals surface area contributed by atoms with Gasteiger partial charge >= 0.3 is 11.7 Å². The van der Waals surface area contributed by atoms with Gasteiger partial charge in [0.1, 0.15) is 6.04 Å². The number of carbonyl (C=O) groups excluding carboxylic acids is 1. The van der Waals surface area contributed by atoms with E-state index >= 15 is 0 Å². The monoisotopic (exact) mass is 296 g/mol. The molecule has 0 saturated carbocycles. The highest BCUT2D eigenvalue weighted by Crippen LogP contribution is 2.31. The molecule has 0 aliphatic heterocycles. The fraction of sp³-hybridized carbons (Fsp3) is 0.385. The molecule has 1 aromatic rings. The zero-order valence-corrected chi connectivity index (χ0v) is 11.7. The lowest BCUT2D eigenvalue weighted by atomic mass is 10.1. The van der Waals surface area contributed by atoms with Gasteiger partial charge < -0.3 is 15.2 Å². The van der Waals surface area contributed by atoms with E-state index in [2.05, 4.69) is 5.32 Å². The number of hydrogen-bond donors (Lipinski definition) is 2. The van der Waals surface area contributed by atoms with Crippen molar-refractivity contribution in [2.24, 2.45) is 0 Å². The summed E-state index contributed by atoms with van der Waals surface area (Å²) in [7, 11) is 0. The zero-order valence-electron chi connectivity index (χ0n) is 11.7. The molecule has 1 atom stereocenters. The number of amides is 1. The van der Waals surface area contributed by atoms with E-state index in [1.807, 2.05) is 0 Å². The van der Waals surface area contributed by atoms with Crippen molar-refractivity contribution in [3.05, 3.63) is 33.9 Å². The number of aliphatic carboxylic acids is 1. The molecule has 8 nitrogen and oxygen atoms in total. The van der Waals surface area contributed by atoms with Crippen LogP contribution in [0.3, 0.4) is 0 Å². The van der Waals surface area contributed by atoms with Crippen LogP contribution < -0.4 is 10.1 Å². The van der Waals surface area contributed by atoms with Crippen LogP contribution >= 0.6 is 0 Å². The molecule has 2 N–H and O–H groups in total. The Hall–Kier alpha value is -2.64. The molecule has 8 heteroatoms. The maximum Gasteiger partial charge on any atom is 0.326 e. The van der Waals surface area contributed by atoms with Gasteiger partial charge in [0.15, 0.2) is 0 Å². The maximum absolute atomic E-state index is 12.1. The summed E-state index contributed by atoms with van der Waals surface area (Å²) in [6.45, 7) is 3.38. The third-order valence-electron chi connectivity index (χ3n) is 2.74. The van der Waals surface area contributed by atoms with Gasteiger partial charge in [-0.05, 0) is 19.4 Å². The Morgan fingerprint density at radius 2 is 2.10 bits per heavy atom. The van der Waals surface area contributed by atoms with Crippen LogP contribution in [-0.4, -0.2) is 34.6 Å². The summed E-state index contributed by atoms with van der Waals surface area (Å²) < 4.78 is 5.18. The summed E-state index contributed by atoms with van der Waals surface area (Å²) in [5.74, 6) is -2.06. The minimum Gasteiger partial charge on any atom is -0.487 e. The summed E-state index contributed by atoms with van der Waals surface area (Å²) in [5, 5.41) is 22.2. The highest BCUT2D eigenvalue weighted by molar-refractivity contribution is 6.00. The molecule has 0 saturated heterocycles. The molecule has 21 heavy (non-hydrogen) atoms. The van der Waals surface area contributed by atoms with E-state index in [-0.39, 0.29) is 30.0 Å². The quantitative estimate of drug-likeness (QED) is 0.582. The van der Waals surface area contributed by atoms with Crippen LogP contribution in [-0.2, 0) is 4.79 Å². The number of nitrogens with zero attached hydrogens (tertiary/aromatic N) is 1. The Morgan fingerprint density at radius 3 is 2.57 bits per heavy atom. The van der Waals surface area contributed by atoms with Crippen LogP contribution in [0.1, 0.15) is 30.6 Å². The first-order valence-electron chi connectivity index (χ1n) is 6.36. The van der Waals surface area contributed by atoms with Gasteiger partial charge in [0.2, 0.25) is 5.75 Å². The number of para-hydroxylation sites is 1. The van der Waals surface area contributed by atoms with E-state index in [1.165, 1.54) is 18.2 Å². The minimum absolute atomic E-state index is 0.0641. The van der Waals surface area contributed by atoms with Crippen LogP contribution in [0.5, 0.6) is 5.75 Å². The van der Waals surface area contributed by atoms with Crippen molar-refractivity contribution in [3.63, 3.8) is 0 Å². The SMILES string of the molecule is CCOc1c(C(=O)N[C@@H](CC)C(=O)O)cccc1[N+](=O)[O-]. The Bertz CT molecular complexity index is 558. The van der Waals surface area contributed by atoms with E-state index < -0.39 is 22.8 Å². The van der Waals surface area contributed by atoms with Gasteiger partial charge in [-0.2, -0.15) is 0 Å². The number of hydrogen-bond acceptors (Lipinski definition) is 5. The van der Waals surface area contributed by atoms with Gasteiger partial charge in [0.25, 0.3) is 5.91 Å². The van der Waals surface area contributed by atoms with Crippen molar-refractivity contribution in [1.29, 1.82) is 0 Å². The second-order valence-corrected chi connectivity index (χ2v) is 4.12. The summed E-state index contributed by atoms with van der Waals surface area (Å²) >= 11 is 0. The van der Waals surface area contributed by atoms with Crippen molar-refractivity contribution < 1.29 is 24.4 Å². The fourth-order valence-corrected chi connectivity index (χ4v) is 1.72. The number of carboxylic acids is 1. The number of nitrogens with one attached hydrogen (secondary N) is 1. The molecule has 0 fully saturated rings. The Kier molecular flexibility index (Phi) is 5.65. The third kappa shape index (κ3) is 3.91. The molecule has 114 valence electrons. The average Bonchev–Trinajstić information content (AvgIpc) is 2.44. The fourth-order valence-electron chi connectivity index (χ4n) is 1.72. The van der Waals surface area contributed by atoms with Crippen molar-refractivity contribution in [1.82, 2.24) is 5.32 Å². The highest BCUT2D eigenvalue weighted by Gasteiger charge is 2.25. The summed E-state index contributed by atoms with van der Waals surface area (Å²) in [4.78, 5) is 33.3. The van der Waals surface area contributed by atoms with Crippen molar-refractivity contribution in [2.45, 2.75) is 26.3 Å². The van der Waals surface area contributed by atoms with Crippen LogP contribution in [0.2, 0.25) is 0 Å². The van der Waals surface area contributed by atoms with E-state index in [9.17, 15) is 19.7 Å². The van der Waals surface area contributed by atoms with Gasteiger partial charge in [0, 0.05) is 6.07 Å². The first kappa shape index (κ1) is 16.4. The van der Waals surface area contributed by atoms with Gasteiger partial charge in [0.05, 0.1) is 17.1 Å². The first-order valence-corrected chi connectivity index (χ1v) is 6.36. The van der Waals surface area contributed by atoms with Crippen LogP contribution in [0.4, 0.5) is 5.69 Å². The third-order valence-corrected chi connectivity index (χ3v) is 2.74. The number of rotatable bonds is 7. The Balaban J connectivity index is 3.16. The second kappa shape index (κ2) is 7.22. The number of benzene rings is 1. The molecule has 0 bridgehead atoms. The largest absolute Gasteiger partial charge is 0.487 e. The molecule has 1 rings (SSSR count). The molecule has 0 radical (unpaired) electrons. The maximum atomic E-state index is 12.1. The van der Waals surface area contributed by atoms with Gasteiger partial charge in [-0.25, -0.2) is 4.79 Å². The minimum atomic E-state index is -1.17. The standard InChI is InChI=1S/C13H16N2O6/c1-3-9(13(17)18)14-12(16)8-6-5-7-10(15(19)20)11(8)21-4-2/h5-7,9H,3-4H2,1-2H3,(H,14,16)(H,17,18)/t9-/m0/s1. The van der Waals surface area contributed by atoms with Crippen molar-refractivity contribution in [2.75, 3.05) is 6.61 Å². The lowest BCUT2D eigenvalue weighted by Gasteiger charge is -2.14. The highest BCUT2D eigenvalue weighted by atomic mass is 16.6. The zero-order chi connectivity index (χ0) is 16.0. The topological polar surface area (TPSA) is 119 Å². The number of ether oxygens (including phenoxy) is 1. The molecule has 1 amide bonds. The number of nitro groups is 1. The van der Waals surface area contributed by atoms with Gasteiger partial charge in [-0.3, -0.25) is 14.9 Å². The van der Waals surface area contributed by atoms with Gasteiger partial charge in [-0.15, -0.1) is 0 Å². The van der Waals surface area contributed by atoms with Crippen molar-refractivity contribution >= 4 is 17.6 Å². The van der Waals surface area contributed by atoms with Crippen LogP contribution in [0.25, 0.3) is 0 Å².